The van der Waals surface area contributed by atoms with E-state index in [1.165, 1.54) is 12.1 Å². The van der Waals surface area contributed by atoms with Gasteiger partial charge in [0.15, 0.2) is 0 Å². The van der Waals surface area contributed by atoms with E-state index in [9.17, 15) is 8.42 Å². The molecule has 7 heteroatoms. The van der Waals surface area contributed by atoms with Crippen molar-refractivity contribution in [1.29, 1.82) is 0 Å². The number of hydrogen-bond donors (Lipinski definition) is 2. The van der Waals surface area contributed by atoms with Crippen molar-refractivity contribution in [2.45, 2.75) is 43.7 Å². The number of rotatable bonds is 5. The van der Waals surface area contributed by atoms with Gasteiger partial charge in [-0.3, -0.25) is 0 Å². The molecule has 0 aliphatic heterocycles. The molecular formula is C13H19ClN2O3S. The van der Waals surface area contributed by atoms with E-state index in [1.807, 2.05) is 6.92 Å². The van der Waals surface area contributed by atoms with Crippen molar-refractivity contribution >= 4 is 27.3 Å². The Hall–Kier alpha value is -0.820. The van der Waals surface area contributed by atoms with E-state index in [0.717, 1.165) is 0 Å². The molecule has 2 rings (SSSR count). The predicted molar refractivity (Wildman–Crippen MR) is 79.4 cm³/mol. The van der Waals surface area contributed by atoms with Gasteiger partial charge in [-0.15, -0.1) is 0 Å². The lowest BCUT2D eigenvalue weighted by atomic mass is 9.90. The maximum atomic E-state index is 12.3. The molecule has 112 valence electrons. The van der Waals surface area contributed by atoms with Crippen molar-refractivity contribution in [3.05, 3.63) is 22.7 Å². The van der Waals surface area contributed by atoms with Crippen molar-refractivity contribution in [2.24, 2.45) is 0 Å². The number of sulfonamides is 1. The van der Waals surface area contributed by atoms with Gasteiger partial charge in [0, 0.05) is 12.6 Å². The van der Waals surface area contributed by atoms with Crippen LogP contribution in [-0.2, 0) is 14.8 Å². The molecule has 0 saturated heterocycles. The Kier molecular flexibility index (Phi) is 4.59. The summed E-state index contributed by atoms with van der Waals surface area (Å²) < 4.78 is 32.6. The number of aryl methyl sites for hydroxylation is 1. The van der Waals surface area contributed by atoms with E-state index in [2.05, 4.69) is 4.72 Å². The van der Waals surface area contributed by atoms with Gasteiger partial charge in [-0.2, -0.15) is 0 Å². The summed E-state index contributed by atoms with van der Waals surface area (Å²) in [6.07, 6.45) is 1.56. The third kappa shape index (κ3) is 3.25. The molecule has 0 atom stereocenters. The number of anilines is 1. The first-order valence-corrected chi connectivity index (χ1v) is 8.39. The molecule has 0 spiro atoms. The third-order valence-electron chi connectivity index (χ3n) is 3.39. The molecule has 0 heterocycles. The maximum Gasteiger partial charge on any atom is 0.240 e. The Morgan fingerprint density at radius 1 is 1.45 bits per heavy atom. The highest BCUT2D eigenvalue weighted by Gasteiger charge is 2.33. The smallest absolute Gasteiger partial charge is 0.240 e. The monoisotopic (exact) mass is 318 g/mol. The minimum absolute atomic E-state index is 0.0752. The minimum Gasteiger partial charge on any atom is -0.397 e. The standard InChI is InChI=1S/C13H19ClN2O3S/c1-3-19-10-5-9(6-10)16-20(17,18)11-4-8(2)13(14)12(15)7-11/h4,7,9-10,16H,3,5-6,15H2,1-2H3. The predicted octanol–water partition coefficient (Wildman–Crippen LogP) is 2.08. The molecule has 0 bridgehead atoms. The van der Waals surface area contributed by atoms with Crippen LogP contribution in [0, 0.1) is 6.92 Å². The summed E-state index contributed by atoms with van der Waals surface area (Å²) in [4.78, 5) is 0.150. The van der Waals surface area contributed by atoms with Crippen LogP contribution >= 0.6 is 11.6 Å². The van der Waals surface area contributed by atoms with E-state index in [4.69, 9.17) is 22.1 Å². The molecule has 1 aliphatic carbocycles. The highest BCUT2D eigenvalue weighted by atomic mass is 35.5. The number of nitrogens with one attached hydrogen (secondary N) is 1. The second kappa shape index (κ2) is 5.89. The van der Waals surface area contributed by atoms with Gasteiger partial charge in [-0.1, -0.05) is 11.6 Å². The molecule has 0 amide bonds. The lowest BCUT2D eigenvalue weighted by Crippen LogP contribution is -2.47. The molecule has 0 unspecified atom stereocenters. The number of hydrogen-bond acceptors (Lipinski definition) is 4. The number of benzene rings is 1. The highest BCUT2D eigenvalue weighted by Crippen LogP contribution is 2.29. The Morgan fingerprint density at radius 2 is 2.10 bits per heavy atom. The fourth-order valence-electron chi connectivity index (χ4n) is 2.24. The molecule has 1 fully saturated rings. The summed E-state index contributed by atoms with van der Waals surface area (Å²) in [6.45, 7) is 4.31. The van der Waals surface area contributed by atoms with Gasteiger partial charge in [-0.25, -0.2) is 13.1 Å². The Balaban J connectivity index is 2.08. The van der Waals surface area contributed by atoms with E-state index in [0.29, 0.717) is 30.0 Å². The van der Waals surface area contributed by atoms with Crippen LogP contribution in [0.4, 0.5) is 5.69 Å². The first-order valence-electron chi connectivity index (χ1n) is 6.53. The number of nitrogens with two attached hydrogens (primary N) is 1. The fourth-order valence-corrected chi connectivity index (χ4v) is 3.73. The summed E-state index contributed by atoms with van der Waals surface area (Å²) >= 11 is 5.94. The molecule has 1 saturated carbocycles. The number of ether oxygens (including phenoxy) is 1. The molecule has 3 N–H and O–H groups in total. The minimum atomic E-state index is -3.56. The summed E-state index contributed by atoms with van der Waals surface area (Å²) in [5.41, 5.74) is 6.63. The zero-order chi connectivity index (χ0) is 14.9. The van der Waals surface area contributed by atoms with Gasteiger partial charge < -0.3 is 10.5 Å². The first-order chi connectivity index (χ1) is 9.33. The first kappa shape index (κ1) is 15.6. The van der Waals surface area contributed by atoms with Crippen molar-refractivity contribution in [3.8, 4) is 0 Å². The van der Waals surface area contributed by atoms with E-state index < -0.39 is 10.0 Å². The van der Waals surface area contributed by atoms with Crippen molar-refractivity contribution in [1.82, 2.24) is 4.72 Å². The van der Waals surface area contributed by atoms with E-state index in [-0.39, 0.29) is 22.7 Å². The zero-order valence-electron chi connectivity index (χ0n) is 11.5. The van der Waals surface area contributed by atoms with Gasteiger partial charge in [0.05, 0.1) is 21.7 Å². The van der Waals surface area contributed by atoms with Crippen LogP contribution < -0.4 is 10.5 Å². The van der Waals surface area contributed by atoms with Crippen LogP contribution in [0.3, 0.4) is 0 Å². The van der Waals surface area contributed by atoms with Crippen molar-refractivity contribution in [2.75, 3.05) is 12.3 Å². The van der Waals surface area contributed by atoms with Gasteiger partial charge in [0.1, 0.15) is 0 Å². The van der Waals surface area contributed by atoms with Crippen LogP contribution in [-0.4, -0.2) is 27.2 Å². The molecule has 20 heavy (non-hydrogen) atoms. The van der Waals surface area contributed by atoms with Crippen molar-refractivity contribution in [3.63, 3.8) is 0 Å². The zero-order valence-corrected chi connectivity index (χ0v) is 13.1. The fraction of sp³-hybridized carbons (Fsp3) is 0.538. The number of nitrogen functional groups attached to an aromatic ring is 1. The molecule has 1 aromatic carbocycles. The largest absolute Gasteiger partial charge is 0.397 e. The second-order valence-electron chi connectivity index (χ2n) is 5.01. The topological polar surface area (TPSA) is 81.4 Å². The number of halogens is 1. The van der Waals surface area contributed by atoms with Gasteiger partial charge >= 0.3 is 0 Å². The van der Waals surface area contributed by atoms with Gasteiger partial charge in [-0.05, 0) is 44.4 Å². The highest BCUT2D eigenvalue weighted by molar-refractivity contribution is 7.89. The Bertz CT molecular complexity index is 575. The van der Waals surface area contributed by atoms with Crippen molar-refractivity contribution < 1.29 is 13.2 Å². The van der Waals surface area contributed by atoms with Crippen LogP contribution in [0.1, 0.15) is 25.3 Å². The summed E-state index contributed by atoms with van der Waals surface area (Å²) in [5, 5.41) is 0.393. The molecule has 1 aliphatic rings. The SMILES string of the molecule is CCOC1CC(NS(=O)(=O)c2cc(C)c(Cl)c(N)c2)C1. The molecular weight excluding hydrogens is 300 g/mol. The van der Waals surface area contributed by atoms with Crippen LogP contribution in [0.5, 0.6) is 0 Å². The van der Waals surface area contributed by atoms with E-state index in [1.54, 1.807) is 6.92 Å². The van der Waals surface area contributed by atoms with Crippen LogP contribution in [0.15, 0.2) is 17.0 Å². The maximum absolute atomic E-state index is 12.3. The summed E-state index contributed by atoms with van der Waals surface area (Å²) in [7, 11) is -3.56. The lowest BCUT2D eigenvalue weighted by Gasteiger charge is -2.35. The average molecular weight is 319 g/mol. The average Bonchev–Trinajstić information content (AvgIpc) is 2.32. The van der Waals surface area contributed by atoms with E-state index >= 15 is 0 Å². The third-order valence-corrected chi connectivity index (χ3v) is 5.40. The molecule has 0 radical (unpaired) electrons. The van der Waals surface area contributed by atoms with Gasteiger partial charge in [0.25, 0.3) is 0 Å². The summed E-state index contributed by atoms with van der Waals surface area (Å²) in [5.74, 6) is 0. The van der Waals surface area contributed by atoms with Crippen LogP contribution in [0.2, 0.25) is 5.02 Å². The second-order valence-corrected chi connectivity index (χ2v) is 7.10. The molecule has 5 nitrogen and oxygen atoms in total. The molecule has 0 aromatic heterocycles. The quantitative estimate of drug-likeness (QED) is 0.814. The molecule has 1 aromatic rings. The van der Waals surface area contributed by atoms with Gasteiger partial charge in [0.2, 0.25) is 10.0 Å². The lowest BCUT2D eigenvalue weighted by molar-refractivity contribution is -0.00475. The van der Waals surface area contributed by atoms with Crippen LogP contribution in [0.25, 0.3) is 0 Å². The normalized spacial score (nSPS) is 22.6. The Labute approximate surface area is 124 Å². The summed E-state index contributed by atoms with van der Waals surface area (Å²) in [6, 6.07) is 2.84. The Morgan fingerprint density at radius 3 is 2.65 bits per heavy atom.